The van der Waals surface area contributed by atoms with Crippen molar-refractivity contribution < 1.29 is 14.3 Å². The highest BCUT2D eigenvalue weighted by Crippen LogP contribution is 2.16. The lowest BCUT2D eigenvalue weighted by Crippen LogP contribution is -2.03. The van der Waals surface area contributed by atoms with Crippen LogP contribution in [0.2, 0.25) is 0 Å². The van der Waals surface area contributed by atoms with E-state index in [0.717, 1.165) is 24.6 Å². The van der Waals surface area contributed by atoms with Crippen LogP contribution in [-0.4, -0.2) is 17.1 Å². The van der Waals surface area contributed by atoms with E-state index in [9.17, 15) is 9.59 Å². The number of ether oxygens (including phenoxy) is 1. The highest BCUT2D eigenvalue weighted by atomic mass is 79.9. The number of rotatable bonds is 7. The highest BCUT2D eigenvalue weighted by molar-refractivity contribution is 9.09. The molecule has 0 saturated heterocycles. The lowest BCUT2D eigenvalue weighted by Gasteiger charge is -2.04. The van der Waals surface area contributed by atoms with Crippen LogP contribution in [0, 0.1) is 0 Å². The van der Waals surface area contributed by atoms with Gasteiger partial charge in [0.1, 0.15) is 5.75 Å². The van der Waals surface area contributed by atoms with Crippen molar-refractivity contribution in [1.82, 2.24) is 0 Å². The molecule has 0 atom stereocenters. The molecule has 1 rings (SSSR count). The number of unbranched alkanes of at least 4 members (excludes halogenated alkanes) is 2. The van der Waals surface area contributed by atoms with Gasteiger partial charge in [0.25, 0.3) is 0 Å². The minimum Gasteiger partial charge on any atom is -0.427 e. The molecular formula is C14H17BrO3. The highest BCUT2D eigenvalue weighted by Gasteiger charge is 2.07. The second kappa shape index (κ2) is 8.03. The van der Waals surface area contributed by atoms with E-state index < -0.39 is 0 Å². The summed E-state index contributed by atoms with van der Waals surface area (Å²) in [7, 11) is 0. The van der Waals surface area contributed by atoms with Crippen molar-refractivity contribution in [2.75, 3.05) is 5.33 Å². The van der Waals surface area contributed by atoms with Gasteiger partial charge in [-0.2, -0.15) is 0 Å². The van der Waals surface area contributed by atoms with Gasteiger partial charge in [-0.1, -0.05) is 34.5 Å². The van der Waals surface area contributed by atoms with Gasteiger partial charge < -0.3 is 4.74 Å². The molecule has 0 fully saturated rings. The fraction of sp³-hybridized carbons (Fsp3) is 0.429. The lowest BCUT2D eigenvalue weighted by molar-refractivity contribution is -0.131. The Bertz CT molecular complexity index is 415. The Kier molecular flexibility index (Phi) is 6.65. The molecule has 1 aromatic carbocycles. The molecule has 0 saturated carbocycles. The minimum atomic E-state index is -0.378. The Labute approximate surface area is 116 Å². The van der Waals surface area contributed by atoms with Crippen LogP contribution in [0.4, 0.5) is 0 Å². The van der Waals surface area contributed by atoms with Crippen LogP contribution >= 0.6 is 15.9 Å². The molecule has 0 bridgehead atoms. The fourth-order valence-corrected chi connectivity index (χ4v) is 2.00. The maximum atomic E-state index is 11.9. The van der Waals surface area contributed by atoms with Crippen LogP contribution in [0.25, 0.3) is 0 Å². The average Bonchev–Trinajstić information content (AvgIpc) is 2.34. The maximum absolute atomic E-state index is 11.9. The molecule has 3 nitrogen and oxygen atoms in total. The number of halogens is 1. The fourth-order valence-electron chi connectivity index (χ4n) is 1.60. The summed E-state index contributed by atoms with van der Waals surface area (Å²) in [4.78, 5) is 22.7. The largest absolute Gasteiger partial charge is 0.427 e. The summed E-state index contributed by atoms with van der Waals surface area (Å²) in [5, 5.41) is 0.975. The summed E-state index contributed by atoms with van der Waals surface area (Å²) < 4.78 is 4.95. The molecular weight excluding hydrogens is 296 g/mol. The zero-order valence-corrected chi connectivity index (χ0v) is 12.0. The summed E-state index contributed by atoms with van der Waals surface area (Å²) in [6.45, 7) is 1.34. The number of hydrogen-bond donors (Lipinski definition) is 0. The molecule has 98 valence electrons. The number of Topliss-reactive ketones (excluding diaryl/α,β-unsaturated/α-hetero) is 1. The van der Waals surface area contributed by atoms with Gasteiger partial charge in [0.2, 0.25) is 0 Å². The van der Waals surface area contributed by atoms with Gasteiger partial charge in [-0.25, -0.2) is 0 Å². The maximum Gasteiger partial charge on any atom is 0.308 e. The average molecular weight is 313 g/mol. The van der Waals surface area contributed by atoms with Gasteiger partial charge in [-0.05, 0) is 25.0 Å². The third-order valence-corrected chi connectivity index (χ3v) is 3.02. The molecule has 0 unspecified atom stereocenters. The number of carbonyl (C=O) groups excluding carboxylic acids is 2. The second-order valence-corrected chi connectivity index (χ2v) is 4.84. The molecule has 4 heteroatoms. The van der Waals surface area contributed by atoms with Crippen LogP contribution < -0.4 is 4.74 Å². The first kappa shape index (κ1) is 14.9. The van der Waals surface area contributed by atoms with E-state index in [2.05, 4.69) is 15.9 Å². The molecule has 1 aromatic rings. The topological polar surface area (TPSA) is 43.4 Å². The van der Waals surface area contributed by atoms with E-state index in [1.807, 2.05) is 0 Å². The summed E-state index contributed by atoms with van der Waals surface area (Å²) in [6.07, 6.45) is 3.56. The predicted molar refractivity (Wildman–Crippen MR) is 74.3 cm³/mol. The smallest absolute Gasteiger partial charge is 0.308 e. The first-order valence-corrected chi connectivity index (χ1v) is 7.13. The van der Waals surface area contributed by atoms with Gasteiger partial charge in [0.05, 0.1) is 0 Å². The summed E-state index contributed by atoms with van der Waals surface area (Å²) >= 11 is 3.36. The van der Waals surface area contributed by atoms with Crippen LogP contribution in [-0.2, 0) is 4.79 Å². The number of carbonyl (C=O) groups is 2. The molecule has 0 spiro atoms. The molecule has 0 aliphatic heterocycles. The Balaban J connectivity index is 2.54. The molecule has 0 aliphatic rings. The number of esters is 1. The van der Waals surface area contributed by atoms with E-state index >= 15 is 0 Å². The van der Waals surface area contributed by atoms with Crippen LogP contribution in [0.5, 0.6) is 5.75 Å². The van der Waals surface area contributed by atoms with Gasteiger partial charge in [-0.15, -0.1) is 0 Å². The Hall–Kier alpha value is -1.16. The summed E-state index contributed by atoms with van der Waals surface area (Å²) in [6, 6.07) is 6.76. The van der Waals surface area contributed by atoms with E-state index in [0.29, 0.717) is 17.7 Å². The van der Waals surface area contributed by atoms with E-state index in [1.165, 1.54) is 6.92 Å². The molecule has 0 radical (unpaired) electrons. The van der Waals surface area contributed by atoms with Crippen molar-refractivity contribution in [2.45, 2.75) is 32.6 Å². The zero-order valence-electron chi connectivity index (χ0n) is 10.4. The SMILES string of the molecule is CC(=O)Oc1cccc(C(=O)CCCCCBr)c1. The summed E-state index contributed by atoms with van der Waals surface area (Å²) in [5.41, 5.74) is 0.604. The lowest BCUT2D eigenvalue weighted by atomic mass is 10.0. The second-order valence-electron chi connectivity index (χ2n) is 4.04. The van der Waals surface area contributed by atoms with Crippen molar-refractivity contribution in [2.24, 2.45) is 0 Å². The van der Waals surface area contributed by atoms with Crippen LogP contribution in [0.1, 0.15) is 43.0 Å². The summed E-state index contributed by atoms with van der Waals surface area (Å²) in [5.74, 6) is 0.143. The molecule has 0 amide bonds. The van der Waals surface area contributed by atoms with Crippen molar-refractivity contribution in [3.05, 3.63) is 29.8 Å². The number of ketones is 1. The monoisotopic (exact) mass is 312 g/mol. The molecule has 0 N–H and O–H groups in total. The van der Waals surface area contributed by atoms with Crippen LogP contribution in [0.15, 0.2) is 24.3 Å². The molecule has 0 aromatic heterocycles. The Morgan fingerprint density at radius 3 is 2.67 bits per heavy atom. The van der Waals surface area contributed by atoms with Gasteiger partial charge in [-0.3, -0.25) is 9.59 Å². The number of hydrogen-bond acceptors (Lipinski definition) is 3. The van der Waals surface area contributed by atoms with Crippen molar-refractivity contribution >= 4 is 27.7 Å². The third kappa shape index (κ3) is 5.45. The first-order valence-electron chi connectivity index (χ1n) is 6.01. The molecule has 0 heterocycles. The normalized spacial score (nSPS) is 10.1. The van der Waals surface area contributed by atoms with Crippen molar-refractivity contribution in [1.29, 1.82) is 0 Å². The van der Waals surface area contributed by atoms with E-state index in [4.69, 9.17) is 4.74 Å². The zero-order chi connectivity index (χ0) is 13.4. The quantitative estimate of drug-likeness (QED) is 0.253. The number of alkyl halides is 1. The van der Waals surface area contributed by atoms with Crippen LogP contribution in [0.3, 0.4) is 0 Å². The molecule has 0 aliphatic carbocycles. The van der Waals surface area contributed by atoms with Gasteiger partial charge in [0.15, 0.2) is 5.78 Å². The number of benzene rings is 1. The van der Waals surface area contributed by atoms with Crippen molar-refractivity contribution in [3.63, 3.8) is 0 Å². The Morgan fingerprint density at radius 1 is 1.22 bits per heavy atom. The Morgan fingerprint density at radius 2 is 2.00 bits per heavy atom. The third-order valence-electron chi connectivity index (χ3n) is 2.46. The van der Waals surface area contributed by atoms with Gasteiger partial charge >= 0.3 is 5.97 Å². The van der Waals surface area contributed by atoms with E-state index in [-0.39, 0.29) is 11.8 Å². The standard InChI is InChI=1S/C14H17BrO3/c1-11(16)18-13-7-5-6-12(10-13)14(17)8-3-2-4-9-15/h5-7,10H,2-4,8-9H2,1H3. The van der Waals surface area contributed by atoms with Crippen molar-refractivity contribution in [3.8, 4) is 5.75 Å². The minimum absolute atomic E-state index is 0.0959. The van der Waals surface area contributed by atoms with Gasteiger partial charge in [0, 0.05) is 24.2 Å². The predicted octanol–water partition coefficient (Wildman–Crippen LogP) is 3.75. The first-order chi connectivity index (χ1) is 8.63. The molecule has 18 heavy (non-hydrogen) atoms. The van der Waals surface area contributed by atoms with E-state index in [1.54, 1.807) is 24.3 Å².